The smallest absolute Gasteiger partial charge is 0.275 e. The van der Waals surface area contributed by atoms with Crippen LogP contribution in [0.1, 0.15) is 29.4 Å². The molecule has 0 radical (unpaired) electrons. The molecule has 1 saturated heterocycles. The van der Waals surface area contributed by atoms with Crippen LogP contribution in [0.15, 0.2) is 16.1 Å². The summed E-state index contributed by atoms with van der Waals surface area (Å²) in [6, 6.07) is -0.148. The second-order valence-electron chi connectivity index (χ2n) is 5.88. The zero-order valence-corrected chi connectivity index (χ0v) is 15.2. The molecule has 9 nitrogen and oxygen atoms in total. The van der Waals surface area contributed by atoms with Gasteiger partial charge in [-0.05, 0) is 20.3 Å². The first-order valence-electron chi connectivity index (χ1n) is 7.57. The van der Waals surface area contributed by atoms with Crippen LogP contribution in [0.3, 0.4) is 0 Å². The lowest BCUT2D eigenvalue weighted by Gasteiger charge is -2.10. The number of aromatic nitrogens is 4. The molecule has 2 aromatic heterocycles. The normalized spacial score (nSPS) is 19.6. The van der Waals surface area contributed by atoms with E-state index >= 15 is 0 Å². The Morgan fingerprint density at radius 2 is 2.24 bits per heavy atom. The third-order valence-electron chi connectivity index (χ3n) is 4.11. The van der Waals surface area contributed by atoms with E-state index in [0.717, 1.165) is 17.0 Å². The molecule has 134 valence electrons. The standard InChI is InChI=1S/C14H17ClN6O3S/c1-8-11(5-16-18-12-6-17-19-14(22)13(12)15)9(2)21(20-8)10-3-4-25(23,24)7-10/h5-6,10H,3-4,7H2,1-2H3,(H2,18,19,22)/b16-5-/t10-/m1/s1. The van der Waals surface area contributed by atoms with Gasteiger partial charge in [0.25, 0.3) is 5.56 Å². The fourth-order valence-electron chi connectivity index (χ4n) is 2.81. The van der Waals surface area contributed by atoms with Gasteiger partial charge in [0.05, 0.1) is 35.7 Å². The predicted molar refractivity (Wildman–Crippen MR) is 95.1 cm³/mol. The van der Waals surface area contributed by atoms with Gasteiger partial charge < -0.3 is 0 Å². The van der Waals surface area contributed by atoms with Crippen LogP contribution in [0.25, 0.3) is 0 Å². The third kappa shape index (κ3) is 3.59. The molecular formula is C14H17ClN6O3S. The van der Waals surface area contributed by atoms with Crippen LogP contribution in [0.5, 0.6) is 0 Å². The van der Waals surface area contributed by atoms with Crippen LogP contribution in [-0.2, 0) is 9.84 Å². The number of aryl methyl sites for hydroxylation is 1. The summed E-state index contributed by atoms with van der Waals surface area (Å²) in [5.74, 6) is 0.299. The van der Waals surface area contributed by atoms with Crippen molar-refractivity contribution < 1.29 is 8.42 Å². The summed E-state index contributed by atoms with van der Waals surface area (Å²) in [7, 11) is -2.99. The van der Waals surface area contributed by atoms with E-state index in [2.05, 4.69) is 25.8 Å². The number of H-pyrrole nitrogens is 1. The van der Waals surface area contributed by atoms with Crippen molar-refractivity contribution in [3.63, 3.8) is 0 Å². The Hall–Kier alpha value is -2.20. The Balaban J connectivity index is 1.81. The fraction of sp³-hybridized carbons (Fsp3) is 0.429. The maximum Gasteiger partial charge on any atom is 0.285 e. The Kier molecular flexibility index (Phi) is 4.65. The van der Waals surface area contributed by atoms with Crippen molar-refractivity contribution in [2.45, 2.75) is 26.3 Å². The van der Waals surface area contributed by atoms with E-state index in [1.165, 1.54) is 6.20 Å². The van der Waals surface area contributed by atoms with Gasteiger partial charge in [0.2, 0.25) is 0 Å². The monoisotopic (exact) mass is 384 g/mol. The summed E-state index contributed by atoms with van der Waals surface area (Å²) >= 11 is 5.86. The van der Waals surface area contributed by atoms with Gasteiger partial charge in [-0.15, -0.1) is 0 Å². The molecular weight excluding hydrogens is 368 g/mol. The van der Waals surface area contributed by atoms with Crippen molar-refractivity contribution in [1.29, 1.82) is 0 Å². The predicted octanol–water partition coefficient (Wildman–Crippen LogP) is 1.04. The van der Waals surface area contributed by atoms with Crippen LogP contribution in [0, 0.1) is 13.8 Å². The average Bonchev–Trinajstić information content (AvgIpc) is 3.04. The lowest BCUT2D eigenvalue weighted by atomic mass is 10.2. The minimum absolute atomic E-state index is 0.0348. The number of rotatable bonds is 4. The van der Waals surface area contributed by atoms with E-state index in [0.29, 0.717) is 6.42 Å². The fourth-order valence-corrected chi connectivity index (χ4v) is 4.64. The molecule has 25 heavy (non-hydrogen) atoms. The molecule has 0 aliphatic carbocycles. The molecule has 1 fully saturated rings. The zero-order valence-electron chi connectivity index (χ0n) is 13.7. The highest BCUT2D eigenvalue weighted by Gasteiger charge is 2.31. The quantitative estimate of drug-likeness (QED) is 0.600. The van der Waals surface area contributed by atoms with Crippen LogP contribution < -0.4 is 11.0 Å². The van der Waals surface area contributed by atoms with Gasteiger partial charge in [0, 0.05) is 11.3 Å². The largest absolute Gasteiger partial charge is 0.285 e. The van der Waals surface area contributed by atoms with Crippen molar-refractivity contribution in [2.75, 3.05) is 16.9 Å². The van der Waals surface area contributed by atoms with E-state index in [9.17, 15) is 13.2 Å². The van der Waals surface area contributed by atoms with Crippen molar-refractivity contribution in [3.8, 4) is 0 Å². The van der Waals surface area contributed by atoms with Crippen LogP contribution in [0.4, 0.5) is 5.69 Å². The average molecular weight is 385 g/mol. The van der Waals surface area contributed by atoms with E-state index < -0.39 is 15.4 Å². The second kappa shape index (κ2) is 6.60. The van der Waals surface area contributed by atoms with E-state index in [-0.39, 0.29) is 28.3 Å². The molecule has 1 aliphatic heterocycles. The molecule has 0 aromatic carbocycles. The molecule has 0 bridgehead atoms. The first kappa shape index (κ1) is 17.6. The Morgan fingerprint density at radius 3 is 2.92 bits per heavy atom. The first-order valence-corrected chi connectivity index (χ1v) is 9.77. The number of anilines is 1. The summed E-state index contributed by atoms with van der Waals surface area (Å²) < 4.78 is 25.1. The van der Waals surface area contributed by atoms with Gasteiger partial charge >= 0.3 is 0 Å². The second-order valence-corrected chi connectivity index (χ2v) is 8.49. The molecule has 0 unspecified atom stereocenters. The Labute approximate surface area is 149 Å². The summed E-state index contributed by atoms with van der Waals surface area (Å²) in [4.78, 5) is 11.4. The van der Waals surface area contributed by atoms with Crippen molar-refractivity contribution in [1.82, 2.24) is 20.0 Å². The number of hydrogen-bond donors (Lipinski definition) is 2. The topological polar surface area (TPSA) is 122 Å². The van der Waals surface area contributed by atoms with E-state index in [1.54, 1.807) is 10.9 Å². The van der Waals surface area contributed by atoms with Gasteiger partial charge in [-0.2, -0.15) is 15.3 Å². The molecule has 1 atom stereocenters. The highest BCUT2D eigenvalue weighted by Crippen LogP contribution is 2.26. The third-order valence-corrected chi connectivity index (χ3v) is 6.24. The lowest BCUT2D eigenvalue weighted by Crippen LogP contribution is -2.14. The SMILES string of the molecule is Cc1nn([C@@H]2CCS(=O)(=O)C2)c(C)c1/C=N\Nc1cn[nH]c(=O)c1Cl. The number of hydrazone groups is 1. The highest BCUT2D eigenvalue weighted by molar-refractivity contribution is 7.91. The summed E-state index contributed by atoms with van der Waals surface area (Å²) in [5, 5.41) is 14.4. The van der Waals surface area contributed by atoms with Crippen molar-refractivity contribution >= 4 is 33.3 Å². The molecule has 0 amide bonds. The molecule has 2 N–H and O–H groups in total. The molecule has 3 heterocycles. The first-order chi connectivity index (χ1) is 11.8. The van der Waals surface area contributed by atoms with Gasteiger partial charge in [0.1, 0.15) is 10.7 Å². The maximum absolute atomic E-state index is 11.7. The highest BCUT2D eigenvalue weighted by atomic mass is 35.5. The minimum Gasteiger partial charge on any atom is -0.275 e. The van der Waals surface area contributed by atoms with Crippen LogP contribution in [0.2, 0.25) is 5.02 Å². The summed E-state index contributed by atoms with van der Waals surface area (Å²) in [6.07, 6.45) is 3.48. The summed E-state index contributed by atoms with van der Waals surface area (Å²) in [6.45, 7) is 3.70. The number of hydrogen-bond acceptors (Lipinski definition) is 7. The molecule has 0 saturated carbocycles. The van der Waals surface area contributed by atoms with E-state index in [1.807, 2.05) is 13.8 Å². The number of halogens is 1. The lowest BCUT2D eigenvalue weighted by molar-refractivity contribution is 0.486. The molecule has 3 rings (SSSR count). The number of nitrogens with zero attached hydrogens (tertiary/aromatic N) is 4. The summed E-state index contributed by atoms with van der Waals surface area (Å²) in [5.41, 5.74) is 4.80. The van der Waals surface area contributed by atoms with Crippen molar-refractivity contribution in [3.05, 3.63) is 38.5 Å². The number of sulfone groups is 1. The minimum atomic E-state index is -2.99. The van der Waals surface area contributed by atoms with Crippen LogP contribution >= 0.6 is 11.6 Å². The van der Waals surface area contributed by atoms with E-state index in [4.69, 9.17) is 11.6 Å². The Morgan fingerprint density at radius 1 is 1.48 bits per heavy atom. The molecule has 11 heteroatoms. The number of nitrogens with one attached hydrogen (secondary N) is 2. The van der Waals surface area contributed by atoms with Gasteiger partial charge in [-0.1, -0.05) is 11.6 Å². The van der Waals surface area contributed by atoms with Crippen molar-refractivity contribution in [2.24, 2.45) is 5.10 Å². The Bertz CT molecular complexity index is 994. The number of aromatic amines is 1. The van der Waals surface area contributed by atoms with Gasteiger partial charge in [0.15, 0.2) is 9.84 Å². The van der Waals surface area contributed by atoms with Gasteiger partial charge in [-0.3, -0.25) is 14.9 Å². The van der Waals surface area contributed by atoms with Crippen LogP contribution in [-0.4, -0.2) is 46.1 Å². The molecule has 0 spiro atoms. The molecule has 1 aliphatic rings. The maximum atomic E-state index is 11.7. The van der Waals surface area contributed by atoms with Gasteiger partial charge in [-0.25, -0.2) is 13.5 Å². The molecule has 2 aromatic rings. The zero-order chi connectivity index (χ0) is 18.2.